The largest absolute Gasteiger partial charge is 0.508 e. The van der Waals surface area contributed by atoms with Crippen LogP contribution in [0, 0.1) is 13.8 Å². The number of phenols is 1. The van der Waals surface area contributed by atoms with E-state index in [1.807, 2.05) is 19.9 Å². The second-order valence-corrected chi connectivity index (χ2v) is 2.52. The van der Waals surface area contributed by atoms with E-state index in [2.05, 4.69) is 0 Å². The molecule has 10 heavy (non-hydrogen) atoms. The van der Waals surface area contributed by atoms with Crippen molar-refractivity contribution in [1.82, 2.24) is 0 Å². The Morgan fingerprint density at radius 1 is 1.30 bits per heavy atom. The van der Waals surface area contributed by atoms with Crippen LogP contribution in [0.2, 0.25) is 0 Å². The molecule has 0 saturated heterocycles. The summed E-state index contributed by atoms with van der Waals surface area (Å²) in [5, 5.41) is 9.21. The fourth-order valence-corrected chi connectivity index (χ4v) is 0.993. The third-order valence-electron chi connectivity index (χ3n) is 1.47. The molecular formula is C8H9BO. The molecule has 1 N–H and O–H groups in total. The summed E-state index contributed by atoms with van der Waals surface area (Å²) >= 11 is 0. The van der Waals surface area contributed by atoms with Gasteiger partial charge in [0.25, 0.3) is 0 Å². The number of hydrogen-bond donors (Lipinski definition) is 1. The van der Waals surface area contributed by atoms with Gasteiger partial charge in [-0.25, -0.2) is 0 Å². The van der Waals surface area contributed by atoms with Gasteiger partial charge >= 0.3 is 0 Å². The molecule has 0 aliphatic rings. The first-order chi connectivity index (χ1) is 4.61. The molecule has 0 atom stereocenters. The van der Waals surface area contributed by atoms with Gasteiger partial charge in [-0.2, -0.15) is 0 Å². The van der Waals surface area contributed by atoms with Crippen LogP contribution in [0.3, 0.4) is 0 Å². The molecule has 0 heterocycles. The van der Waals surface area contributed by atoms with Crippen molar-refractivity contribution in [3.05, 3.63) is 23.3 Å². The zero-order chi connectivity index (χ0) is 7.72. The molecule has 1 rings (SSSR count). The van der Waals surface area contributed by atoms with Crippen molar-refractivity contribution < 1.29 is 5.11 Å². The summed E-state index contributed by atoms with van der Waals surface area (Å²) in [6.45, 7) is 3.78. The average Bonchev–Trinajstić information content (AvgIpc) is 1.82. The van der Waals surface area contributed by atoms with Gasteiger partial charge < -0.3 is 5.11 Å². The van der Waals surface area contributed by atoms with E-state index in [1.165, 1.54) is 0 Å². The molecular weight excluding hydrogens is 123 g/mol. The van der Waals surface area contributed by atoms with Crippen LogP contribution in [-0.2, 0) is 0 Å². The highest BCUT2D eigenvalue weighted by molar-refractivity contribution is 6.34. The van der Waals surface area contributed by atoms with E-state index in [-0.39, 0.29) is 5.75 Å². The zero-order valence-electron chi connectivity index (χ0n) is 6.18. The Morgan fingerprint density at radius 2 is 1.90 bits per heavy atom. The van der Waals surface area contributed by atoms with Gasteiger partial charge in [0.2, 0.25) is 0 Å². The molecule has 2 heteroatoms. The third-order valence-corrected chi connectivity index (χ3v) is 1.47. The number of aromatic hydroxyl groups is 1. The zero-order valence-corrected chi connectivity index (χ0v) is 6.18. The second kappa shape index (κ2) is 2.37. The van der Waals surface area contributed by atoms with E-state index in [1.54, 1.807) is 6.07 Å². The predicted octanol–water partition coefficient (Wildman–Crippen LogP) is 0.803. The highest BCUT2D eigenvalue weighted by Crippen LogP contribution is 2.12. The van der Waals surface area contributed by atoms with Crippen LogP contribution >= 0.6 is 0 Å². The predicted molar refractivity (Wildman–Crippen MR) is 43.0 cm³/mol. The summed E-state index contributed by atoms with van der Waals surface area (Å²) in [5.41, 5.74) is 2.36. The van der Waals surface area contributed by atoms with Crippen molar-refractivity contribution in [3.63, 3.8) is 0 Å². The molecule has 2 radical (unpaired) electrons. The molecule has 0 amide bonds. The smallest absolute Gasteiger partial charge is 0.119 e. The SMILES string of the molecule is [B]c1cc(C)cc(C)c1O. The maximum atomic E-state index is 9.21. The van der Waals surface area contributed by atoms with E-state index < -0.39 is 0 Å². The Labute approximate surface area is 62.1 Å². The van der Waals surface area contributed by atoms with Crippen molar-refractivity contribution in [2.45, 2.75) is 13.8 Å². The van der Waals surface area contributed by atoms with Gasteiger partial charge in [-0.3, -0.25) is 0 Å². The molecule has 0 aliphatic heterocycles. The number of aryl methyl sites for hydroxylation is 2. The van der Waals surface area contributed by atoms with Crippen LogP contribution in [0.1, 0.15) is 11.1 Å². The van der Waals surface area contributed by atoms with Crippen molar-refractivity contribution in [2.75, 3.05) is 0 Å². The topological polar surface area (TPSA) is 20.2 Å². The number of phenolic OH excluding ortho intramolecular Hbond substituents is 1. The molecule has 1 aromatic carbocycles. The Hall–Kier alpha value is -0.915. The van der Waals surface area contributed by atoms with Gasteiger partial charge in [0.05, 0.1) is 0 Å². The number of hydrogen-bond acceptors (Lipinski definition) is 1. The van der Waals surface area contributed by atoms with Crippen molar-refractivity contribution in [2.24, 2.45) is 0 Å². The Morgan fingerprint density at radius 3 is 2.40 bits per heavy atom. The van der Waals surface area contributed by atoms with Crippen LogP contribution in [0.15, 0.2) is 12.1 Å². The van der Waals surface area contributed by atoms with E-state index in [0.717, 1.165) is 11.1 Å². The van der Waals surface area contributed by atoms with Crippen LogP contribution in [0.5, 0.6) is 5.75 Å². The molecule has 0 aliphatic carbocycles. The van der Waals surface area contributed by atoms with Crippen LogP contribution in [0.25, 0.3) is 0 Å². The molecule has 0 bridgehead atoms. The summed E-state index contributed by atoms with van der Waals surface area (Å²) in [6, 6.07) is 3.65. The van der Waals surface area contributed by atoms with E-state index in [9.17, 15) is 5.11 Å². The summed E-state index contributed by atoms with van der Waals surface area (Å²) in [5.74, 6) is 0.200. The summed E-state index contributed by atoms with van der Waals surface area (Å²) in [4.78, 5) is 0. The Balaban J connectivity index is 3.31. The van der Waals surface area contributed by atoms with Crippen molar-refractivity contribution >= 4 is 13.3 Å². The highest BCUT2D eigenvalue weighted by atomic mass is 16.3. The normalized spacial score (nSPS) is 9.80. The lowest BCUT2D eigenvalue weighted by Gasteiger charge is -2.03. The number of benzene rings is 1. The molecule has 0 aromatic heterocycles. The first-order valence-electron chi connectivity index (χ1n) is 3.17. The lowest BCUT2D eigenvalue weighted by molar-refractivity contribution is 0.475. The Bertz CT molecular complexity index is 232. The number of rotatable bonds is 0. The van der Waals surface area contributed by atoms with Crippen LogP contribution < -0.4 is 5.46 Å². The minimum Gasteiger partial charge on any atom is -0.508 e. The van der Waals surface area contributed by atoms with Gasteiger partial charge in [-0.15, -0.1) is 0 Å². The fraction of sp³-hybridized carbons (Fsp3) is 0.250. The molecule has 1 aromatic rings. The third kappa shape index (κ3) is 1.15. The van der Waals surface area contributed by atoms with E-state index >= 15 is 0 Å². The quantitative estimate of drug-likeness (QED) is 0.517. The van der Waals surface area contributed by atoms with Gasteiger partial charge in [-0.1, -0.05) is 23.2 Å². The maximum Gasteiger partial charge on any atom is 0.119 e. The maximum absolute atomic E-state index is 9.21. The van der Waals surface area contributed by atoms with Crippen molar-refractivity contribution in [3.8, 4) is 5.75 Å². The molecule has 1 nitrogen and oxygen atoms in total. The van der Waals surface area contributed by atoms with Gasteiger partial charge in [-0.05, 0) is 19.4 Å². The lowest BCUT2D eigenvalue weighted by Crippen LogP contribution is -2.04. The molecule has 0 fully saturated rings. The monoisotopic (exact) mass is 132 g/mol. The molecule has 50 valence electrons. The van der Waals surface area contributed by atoms with E-state index in [4.69, 9.17) is 7.85 Å². The molecule has 0 unspecified atom stereocenters. The second-order valence-electron chi connectivity index (χ2n) is 2.52. The summed E-state index contributed by atoms with van der Waals surface area (Å²) in [6.07, 6.45) is 0. The first kappa shape index (κ1) is 7.20. The minimum atomic E-state index is 0.200. The van der Waals surface area contributed by atoms with Gasteiger partial charge in [0.1, 0.15) is 13.6 Å². The standard InChI is InChI=1S/C8H9BO/c1-5-3-6(2)8(10)7(9)4-5/h3-4,10H,1-2H3. The highest BCUT2D eigenvalue weighted by Gasteiger charge is 1.98. The average molecular weight is 132 g/mol. The van der Waals surface area contributed by atoms with Crippen molar-refractivity contribution in [1.29, 1.82) is 0 Å². The van der Waals surface area contributed by atoms with Gasteiger partial charge in [0.15, 0.2) is 0 Å². The first-order valence-corrected chi connectivity index (χ1v) is 3.17. The van der Waals surface area contributed by atoms with Crippen LogP contribution in [0.4, 0.5) is 0 Å². The minimum absolute atomic E-state index is 0.200. The Kier molecular flexibility index (Phi) is 1.71. The molecule has 0 spiro atoms. The fourth-order valence-electron chi connectivity index (χ4n) is 0.993. The van der Waals surface area contributed by atoms with E-state index in [0.29, 0.717) is 5.46 Å². The van der Waals surface area contributed by atoms with Crippen LogP contribution in [-0.4, -0.2) is 13.0 Å². The summed E-state index contributed by atoms with van der Waals surface area (Å²) < 4.78 is 0. The molecule has 0 saturated carbocycles. The lowest BCUT2D eigenvalue weighted by atomic mass is 9.91. The summed E-state index contributed by atoms with van der Waals surface area (Å²) in [7, 11) is 5.47. The van der Waals surface area contributed by atoms with Gasteiger partial charge in [0, 0.05) is 0 Å².